The summed E-state index contributed by atoms with van der Waals surface area (Å²) < 4.78 is 55.4. The number of rotatable bonds is 2. The van der Waals surface area contributed by atoms with Gasteiger partial charge in [0.15, 0.2) is 5.65 Å². The second-order valence-electron chi connectivity index (χ2n) is 8.26. The van der Waals surface area contributed by atoms with Gasteiger partial charge in [-0.05, 0) is 61.1 Å². The van der Waals surface area contributed by atoms with Gasteiger partial charge < -0.3 is 4.57 Å². The maximum absolute atomic E-state index is 13.5. The third-order valence-corrected chi connectivity index (χ3v) is 6.27. The van der Waals surface area contributed by atoms with Gasteiger partial charge in [0.25, 0.3) is 0 Å². The molecule has 2 fully saturated rings. The number of fused-ring (bicyclic) bond motifs is 2. The van der Waals surface area contributed by atoms with Crippen LogP contribution < -0.4 is 10.9 Å². The number of alkyl halides is 3. The van der Waals surface area contributed by atoms with Crippen molar-refractivity contribution in [2.24, 2.45) is 11.8 Å². The van der Waals surface area contributed by atoms with E-state index < -0.39 is 11.9 Å². The third kappa shape index (κ3) is 3.26. The molecule has 0 spiro atoms. The number of pyridine rings is 1. The largest absolute Gasteiger partial charge is 0.433 e. The van der Waals surface area contributed by atoms with E-state index in [1.54, 1.807) is 12.1 Å². The van der Waals surface area contributed by atoms with Crippen molar-refractivity contribution in [3.8, 4) is 11.4 Å². The van der Waals surface area contributed by atoms with Crippen LogP contribution in [0.25, 0.3) is 22.6 Å². The second-order valence-corrected chi connectivity index (χ2v) is 8.26. The molecule has 0 bridgehead atoms. The Morgan fingerprint density at radius 3 is 2.53 bits per heavy atom. The minimum atomic E-state index is -4.54. The van der Waals surface area contributed by atoms with E-state index >= 15 is 0 Å². The highest BCUT2D eigenvalue weighted by atomic mass is 19.4. The van der Waals surface area contributed by atoms with Gasteiger partial charge in [-0.25, -0.2) is 14.4 Å². The molecule has 1 saturated heterocycles. The number of hydrazine groups is 1. The van der Waals surface area contributed by atoms with Crippen LogP contribution in [0, 0.1) is 17.7 Å². The van der Waals surface area contributed by atoms with Crippen LogP contribution >= 0.6 is 0 Å². The SMILES string of the molecule is CC1CC(n2c(-c3ccc(F)cc3)nc3ccc(C(F)(F)F)nc32)CC2CNNC12. The molecule has 1 aromatic carbocycles. The van der Waals surface area contributed by atoms with Crippen molar-refractivity contribution >= 4 is 11.2 Å². The first-order valence-corrected chi connectivity index (χ1v) is 10.0. The van der Waals surface area contributed by atoms with Crippen molar-refractivity contribution in [3.63, 3.8) is 0 Å². The van der Waals surface area contributed by atoms with Gasteiger partial charge in [-0.2, -0.15) is 13.2 Å². The van der Waals surface area contributed by atoms with Gasteiger partial charge in [0.1, 0.15) is 22.9 Å². The number of benzene rings is 1. The predicted molar refractivity (Wildman–Crippen MR) is 104 cm³/mol. The highest BCUT2D eigenvalue weighted by molar-refractivity contribution is 5.77. The van der Waals surface area contributed by atoms with Crippen LogP contribution in [0.5, 0.6) is 0 Å². The van der Waals surface area contributed by atoms with E-state index in [0.717, 1.165) is 25.5 Å². The quantitative estimate of drug-likeness (QED) is 0.608. The normalized spacial score (nSPS) is 26.8. The van der Waals surface area contributed by atoms with Gasteiger partial charge >= 0.3 is 6.18 Å². The van der Waals surface area contributed by atoms with E-state index in [9.17, 15) is 17.6 Å². The molecule has 3 heterocycles. The Labute approximate surface area is 170 Å². The van der Waals surface area contributed by atoms with Gasteiger partial charge in [0.2, 0.25) is 0 Å². The maximum atomic E-state index is 13.5. The lowest BCUT2D eigenvalue weighted by atomic mass is 9.76. The average Bonchev–Trinajstić information content (AvgIpc) is 3.31. The lowest BCUT2D eigenvalue weighted by molar-refractivity contribution is -0.141. The summed E-state index contributed by atoms with van der Waals surface area (Å²) in [7, 11) is 0. The monoisotopic (exact) mass is 419 g/mol. The van der Waals surface area contributed by atoms with Gasteiger partial charge in [0, 0.05) is 24.2 Å². The van der Waals surface area contributed by atoms with Gasteiger partial charge in [-0.1, -0.05) is 6.92 Å². The summed E-state index contributed by atoms with van der Waals surface area (Å²) in [5.41, 5.74) is 6.85. The minimum Gasteiger partial charge on any atom is -0.306 e. The molecular formula is C21H21F4N5. The van der Waals surface area contributed by atoms with Crippen molar-refractivity contribution < 1.29 is 17.6 Å². The van der Waals surface area contributed by atoms with Crippen LogP contribution in [0.4, 0.5) is 17.6 Å². The molecule has 1 saturated carbocycles. The molecule has 0 radical (unpaired) electrons. The van der Waals surface area contributed by atoms with Crippen molar-refractivity contribution in [1.82, 2.24) is 25.4 Å². The molecule has 2 N–H and O–H groups in total. The lowest BCUT2D eigenvalue weighted by Crippen LogP contribution is -2.42. The Hall–Kier alpha value is -2.52. The number of hydrogen-bond acceptors (Lipinski definition) is 4. The summed E-state index contributed by atoms with van der Waals surface area (Å²) in [5, 5.41) is 0. The first-order chi connectivity index (χ1) is 14.3. The Morgan fingerprint density at radius 1 is 1.03 bits per heavy atom. The summed E-state index contributed by atoms with van der Waals surface area (Å²) in [5.74, 6) is 0.832. The van der Waals surface area contributed by atoms with Gasteiger partial charge in [0.05, 0.1) is 0 Å². The van der Waals surface area contributed by atoms with Crippen LogP contribution in [0.2, 0.25) is 0 Å². The van der Waals surface area contributed by atoms with Crippen molar-refractivity contribution in [3.05, 3.63) is 47.9 Å². The summed E-state index contributed by atoms with van der Waals surface area (Å²) in [6, 6.07) is 8.47. The molecule has 0 amide bonds. The molecule has 158 valence electrons. The molecule has 9 heteroatoms. The number of nitrogens with one attached hydrogen (secondary N) is 2. The summed E-state index contributed by atoms with van der Waals surface area (Å²) in [6.07, 6.45) is -2.95. The third-order valence-electron chi connectivity index (χ3n) is 6.27. The number of nitrogens with zero attached hydrogens (tertiary/aromatic N) is 3. The van der Waals surface area contributed by atoms with Crippen molar-refractivity contribution in [2.75, 3.05) is 6.54 Å². The molecule has 2 aliphatic rings. The first kappa shape index (κ1) is 19.4. The Balaban J connectivity index is 1.68. The zero-order valence-electron chi connectivity index (χ0n) is 16.2. The fraction of sp³-hybridized carbons (Fsp3) is 0.429. The molecule has 1 aliphatic carbocycles. The lowest BCUT2D eigenvalue weighted by Gasteiger charge is -2.37. The number of imidazole rings is 1. The zero-order chi connectivity index (χ0) is 21.0. The van der Waals surface area contributed by atoms with E-state index in [4.69, 9.17) is 0 Å². The number of aromatic nitrogens is 3. The molecule has 1 aliphatic heterocycles. The summed E-state index contributed by atoms with van der Waals surface area (Å²) in [6.45, 7) is 2.96. The molecule has 30 heavy (non-hydrogen) atoms. The molecule has 5 nitrogen and oxygen atoms in total. The highest BCUT2D eigenvalue weighted by Gasteiger charge is 2.40. The summed E-state index contributed by atoms with van der Waals surface area (Å²) in [4.78, 5) is 8.57. The van der Waals surface area contributed by atoms with E-state index in [1.165, 1.54) is 18.2 Å². The van der Waals surface area contributed by atoms with Crippen LogP contribution in [0.15, 0.2) is 36.4 Å². The minimum absolute atomic E-state index is 0.0519. The van der Waals surface area contributed by atoms with E-state index in [2.05, 4.69) is 27.7 Å². The fourth-order valence-corrected chi connectivity index (χ4v) is 4.90. The predicted octanol–water partition coefficient (Wildman–Crippen LogP) is 4.32. The van der Waals surface area contributed by atoms with Crippen LogP contribution in [-0.4, -0.2) is 27.1 Å². The molecular weight excluding hydrogens is 398 g/mol. The Kier molecular flexibility index (Phi) is 4.55. The smallest absolute Gasteiger partial charge is 0.306 e. The highest BCUT2D eigenvalue weighted by Crippen LogP contribution is 2.41. The standard InChI is InChI=1S/C21H21F4N5/c1-11-8-15(9-13-10-26-29-18(11)13)30-19(12-2-4-14(22)5-3-12)27-16-6-7-17(21(23,24)25)28-20(16)30/h2-7,11,13,15,18,26,29H,8-10H2,1H3. The Bertz CT molecular complexity index is 1080. The van der Waals surface area contributed by atoms with Crippen molar-refractivity contribution in [2.45, 2.75) is 38.0 Å². The second kappa shape index (κ2) is 7.02. The molecule has 4 atom stereocenters. The van der Waals surface area contributed by atoms with E-state index in [0.29, 0.717) is 34.8 Å². The topological polar surface area (TPSA) is 54.8 Å². The average molecular weight is 419 g/mol. The van der Waals surface area contributed by atoms with Crippen molar-refractivity contribution in [1.29, 1.82) is 0 Å². The summed E-state index contributed by atoms with van der Waals surface area (Å²) >= 11 is 0. The number of hydrogen-bond donors (Lipinski definition) is 2. The van der Waals surface area contributed by atoms with Crippen LogP contribution in [-0.2, 0) is 6.18 Å². The van der Waals surface area contributed by atoms with Crippen LogP contribution in [0.3, 0.4) is 0 Å². The van der Waals surface area contributed by atoms with Crippen LogP contribution in [0.1, 0.15) is 31.5 Å². The van der Waals surface area contributed by atoms with Gasteiger partial charge in [-0.3, -0.25) is 10.9 Å². The zero-order valence-corrected chi connectivity index (χ0v) is 16.2. The Morgan fingerprint density at radius 2 is 1.80 bits per heavy atom. The first-order valence-electron chi connectivity index (χ1n) is 10.0. The maximum Gasteiger partial charge on any atom is 0.433 e. The molecule has 5 rings (SSSR count). The van der Waals surface area contributed by atoms with E-state index in [-0.39, 0.29) is 17.5 Å². The van der Waals surface area contributed by atoms with Gasteiger partial charge in [-0.15, -0.1) is 0 Å². The molecule has 3 aromatic rings. The fourth-order valence-electron chi connectivity index (χ4n) is 4.90. The van der Waals surface area contributed by atoms with E-state index in [1.807, 2.05) is 4.57 Å². The molecule has 2 aromatic heterocycles. The number of halogens is 4. The molecule has 4 unspecified atom stereocenters.